The minimum Gasteiger partial charge on any atom is -0.339 e. The van der Waals surface area contributed by atoms with Crippen molar-refractivity contribution in [2.45, 2.75) is 13.1 Å². The van der Waals surface area contributed by atoms with Gasteiger partial charge in [-0.2, -0.15) is 10.1 Å². The quantitative estimate of drug-likeness (QED) is 0.484. The number of nitrogens with one attached hydrogen (secondary N) is 1. The summed E-state index contributed by atoms with van der Waals surface area (Å²) in [5.41, 5.74) is 4.17. The number of hydrogen-bond donors (Lipinski definition) is 2. The molecule has 0 spiro atoms. The fraction of sp³-hybridized carbons (Fsp3) is 0.167. The standard InChI is InChI=1S/C12H11ClN6O2/c1-6-15-10(18-21-6)12(20)19(14)11-8-5-3-2-4-7(8)9(13)16-17-11/h2-5,11,17H,14H2,1H3. The van der Waals surface area contributed by atoms with Crippen LogP contribution in [0.1, 0.15) is 33.8 Å². The highest BCUT2D eigenvalue weighted by Crippen LogP contribution is 2.26. The average Bonchev–Trinajstić information content (AvgIpc) is 2.93. The van der Waals surface area contributed by atoms with E-state index in [2.05, 4.69) is 20.7 Å². The number of nitrogens with zero attached hydrogens (tertiary/aromatic N) is 4. The van der Waals surface area contributed by atoms with Crippen LogP contribution in [0.2, 0.25) is 0 Å². The summed E-state index contributed by atoms with van der Waals surface area (Å²) in [6, 6.07) is 7.24. The molecule has 1 amide bonds. The lowest BCUT2D eigenvalue weighted by Crippen LogP contribution is -2.47. The first-order valence-corrected chi connectivity index (χ1v) is 6.42. The largest absolute Gasteiger partial charge is 0.339 e. The third-order valence-electron chi connectivity index (χ3n) is 2.99. The number of benzene rings is 1. The van der Waals surface area contributed by atoms with Gasteiger partial charge in [-0.1, -0.05) is 41.0 Å². The molecule has 3 N–H and O–H groups in total. The van der Waals surface area contributed by atoms with Crippen molar-refractivity contribution < 1.29 is 9.32 Å². The van der Waals surface area contributed by atoms with Crippen LogP contribution in [0.15, 0.2) is 33.9 Å². The first-order chi connectivity index (χ1) is 10.1. The zero-order valence-corrected chi connectivity index (χ0v) is 11.7. The van der Waals surface area contributed by atoms with Crippen molar-refractivity contribution >= 4 is 22.7 Å². The maximum absolute atomic E-state index is 12.2. The van der Waals surface area contributed by atoms with Gasteiger partial charge in [-0.3, -0.25) is 10.2 Å². The predicted molar refractivity (Wildman–Crippen MR) is 74.1 cm³/mol. The van der Waals surface area contributed by atoms with E-state index in [1.54, 1.807) is 19.1 Å². The summed E-state index contributed by atoms with van der Waals surface area (Å²) in [5, 5.41) is 8.76. The van der Waals surface area contributed by atoms with Crippen molar-refractivity contribution in [2.24, 2.45) is 10.9 Å². The first kappa shape index (κ1) is 13.5. The topological polar surface area (TPSA) is 110 Å². The molecule has 1 aromatic heterocycles. The normalized spacial score (nSPS) is 16.7. The van der Waals surface area contributed by atoms with Crippen LogP contribution < -0.4 is 11.3 Å². The van der Waals surface area contributed by atoms with Crippen molar-refractivity contribution in [1.82, 2.24) is 20.6 Å². The second-order valence-corrected chi connectivity index (χ2v) is 4.73. The SMILES string of the molecule is Cc1nc(C(=O)N(N)C2NN=C(Cl)c3ccccc32)no1. The zero-order chi connectivity index (χ0) is 15.0. The smallest absolute Gasteiger partial charge is 0.311 e. The monoisotopic (exact) mass is 306 g/mol. The van der Waals surface area contributed by atoms with Crippen LogP contribution in [-0.2, 0) is 0 Å². The number of nitrogens with two attached hydrogens (primary N) is 1. The highest BCUT2D eigenvalue weighted by atomic mass is 35.5. The van der Waals surface area contributed by atoms with Crippen LogP contribution in [0.5, 0.6) is 0 Å². The summed E-state index contributed by atoms with van der Waals surface area (Å²) < 4.78 is 4.78. The molecule has 8 nitrogen and oxygen atoms in total. The van der Waals surface area contributed by atoms with Crippen LogP contribution in [0.3, 0.4) is 0 Å². The predicted octanol–water partition coefficient (Wildman–Crippen LogP) is 0.896. The minimum atomic E-state index is -0.671. The van der Waals surface area contributed by atoms with E-state index >= 15 is 0 Å². The molecule has 9 heteroatoms. The van der Waals surface area contributed by atoms with Crippen LogP contribution in [-0.4, -0.2) is 26.2 Å². The van der Waals surface area contributed by atoms with Crippen LogP contribution in [0.25, 0.3) is 0 Å². The summed E-state index contributed by atoms with van der Waals surface area (Å²) in [6.07, 6.45) is -0.671. The Morgan fingerprint density at radius 1 is 1.48 bits per heavy atom. The molecule has 21 heavy (non-hydrogen) atoms. The molecule has 2 heterocycles. The van der Waals surface area contributed by atoms with Crippen molar-refractivity contribution in [3.8, 4) is 0 Å². The summed E-state index contributed by atoms with van der Waals surface area (Å²) in [4.78, 5) is 16.1. The van der Waals surface area contributed by atoms with Gasteiger partial charge in [0.05, 0.1) is 0 Å². The summed E-state index contributed by atoms with van der Waals surface area (Å²) in [6.45, 7) is 1.59. The number of carbonyl (C=O) groups excluding carboxylic acids is 1. The number of carbonyl (C=O) groups is 1. The van der Waals surface area contributed by atoms with E-state index in [0.717, 1.165) is 10.6 Å². The van der Waals surface area contributed by atoms with Gasteiger partial charge in [-0.25, -0.2) is 10.9 Å². The number of amides is 1. The molecule has 1 aromatic carbocycles. The Hall–Kier alpha value is -2.45. The van der Waals surface area contributed by atoms with Gasteiger partial charge in [-0.05, 0) is 0 Å². The number of hydrazone groups is 1. The summed E-state index contributed by atoms with van der Waals surface area (Å²) in [5.74, 6) is 5.46. The maximum Gasteiger partial charge on any atom is 0.311 e. The van der Waals surface area contributed by atoms with Gasteiger partial charge in [-0.15, -0.1) is 0 Å². The van der Waals surface area contributed by atoms with Crippen molar-refractivity contribution in [2.75, 3.05) is 0 Å². The lowest BCUT2D eigenvalue weighted by molar-refractivity contribution is 0.0619. The van der Waals surface area contributed by atoms with Gasteiger partial charge >= 0.3 is 5.91 Å². The molecule has 0 saturated carbocycles. The number of hydrogen-bond acceptors (Lipinski definition) is 7. The molecular formula is C12H11ClN6O2. The van der Waals surface area contributed by atoms with Gasteiger partial charge in [0.1, 0.15) is 0 Å². The van der Waals surface area contributed by atoms with E-state index in [1.165, 1.54) is 0 Å². The van der Waals surface area contributed by atoms with E-state index in [9.17, 15) is 4.79 Å². The number of aryl methyl sites for hydroxylation is 1. The number of fused-ring (bicyclic) bond motifs is 1. The zero-order valence-electron chi connectivity index (χ0n) is 10.9. The molecule has 1 aliphatic heterocycles. The Morgan fingerprint density at radius 2 is 2.24 bits per heavy atom. The summed E-state index contributed by atoms with van der Waals surface area (Å²) >= 11 is 6.02. The van der Waals surface area contributed by atoms with Gasteiger partial charge < -0.3 is 4.52 Å². The van der Waals surface area contributed by atoms with Gasteiger partial charge in [0.2, 0.25) is 5.89 Å². The molecule has 1 unspecified atom stereocenters. The Bertz CT molecular complexity index is 728. The molecule has 0 bridgehead atoms. The van der Waals surface area contributed by atoms with E-state index in [0.29, 0.717) is 10.7 Å². The Balaban J connectivity index is 1.92. The van der Waals surface area contributed by atoms with Crippen LogP contribution >= 0.6 is 11.6 Å². The van der Waals surface area contributed by atoms with Crippen LogP contribution in [0, 0.1) is 6.92 Å². The molecule has 1 aliphatic rings. The second kappa shape index (κ2) is 5.15. The van der Waals surface area contributed by atoms with Crippen molar-refractivity contribution in [3.63, 3.8) is 0 Å². The first-order valence-electron chi connectivity index (χ1n) is 6.04. The van der Waals surface area contributed by atoms with Crippen LogP contribution in [0.4, 0.5) is 0 Å². The molecule has 108 valence electrons. The molecule has 0 radical (unpaired) electrons. The van der Waals surface area contributed by atoms with E-state index in [1.807, 2.05) is 12.1 Å². The second-order valence-electron chi connectivity index (χ2n) is 4.37. The van der Waals surface area contributed by atoms with E-state index in [-0.39, 0.29) is 11.7 Å². The highest BCUT2D eigenvalue weighted by molar-refractivity contribution is 6.69. The Labute approximate surface area is 124 Å². The van der Waals surface area contributed by atoms with Crippen molar-refractivity contribution in [1.29, 1.82) is 0 Å². The molecule has 3 rings (SSSR count). The van der Waals surface area contributed by atoms with E-state index < -0.39 is 12.1 Å². The lowest BCUT2D eigenvalue weighted by atomic mass is 10.0. The molecule has 2 aromatic rings. The minimum absolute atomic E-state index is 0.116. The third kappa shape index (κ3) is 2.34. The van der Waals surface area contributed by atoms with Gasteiger partial charge in [0.15, 0.2) is 11.3 Å². The molecular weight excluding hydrogens is 296 g/mol. The number of halogens is 1. The number of aromatic nitrogens is 2. The number of hydrazine groups is 1. The van der Waals surface area contributed by atoms with Gasteiger partial charge in [0.25, 0.3) is 5.82 Å². The summed E-state index contributed by atoms with van der Waals surface area (Å²) in [7, 11) is 0. The molecule has 0 saturated heterocycles. The van der Waals surface area contributed by atoms with Gasteiger partial charge in [0, 0.05) is 18.1 Å². The molecule has 1 atom stereocenters. The maximum atomic E-state index is 12.2. The highest BCUT2D eigenvalue weighted by Gasteiger charge is 2.30. The molecule has 0 fully saturated rings. The fourth-order valence-corrected chi connectivity index (χ4v) is 2.22. The molecule has 0 aliphatic carbocycles. The fourth-order valence-electron chi connectivity index (χ4n) is 2.00. The average molecular weight is 307 g/mol. The Morgan fingerprint density at radius 3 is 2.95 bits per heavy atom. The lowest BCUT2D eigenvalue weighted by Gasteiger charge is -2.30. The third-order valence-corrected chi connectivity index (χ3v) is 3.28. The number of rotatable bonds is 2. The van der Waals surface area contributed by atoms with Crippen molar-refractivity contribution in [3.05, 3.63) is 47.1 Å². The Kier molecular flexibility index (Phi) is 3.32. The van der Waals surface area contributed by atoms with E-state index in [4.69, 9.17) is 22.0 Å².